The number of ether oxygens (including phenoxy) is 1. The van der Waals surface area contributed by atoms with Gasteiger partial charge in [-0.05, 0) is 56.4 Å². The van der Waals surface area contributed by atoms with E-state index < -0.39 is 6.04 Å². The molecule has 0 radical (unpaired) electrons. The van der Waals surface area contributed by atoms with Crippen molar-refractivity contribution in [2.24, 2.45) is 5.92 Å². The Balaban J connectivity index is 1.67. The van der Waals surface area contributed by atoms with Crippen LogP contribution in [0.2, 0.25) is 10.0 Å². The fourth-order valence-corrected chi connectivity index (χ4v) is 5.50. The van der Waals surface area contributed by atoms with Gasteiger partial charge in [0.1, 0.15) is 11.8 Å². The molecule has 1 atom stereocenters. The molecule has 0 unspecified atom stereocenters. The van der Waals surface area contributed by atoms with E-state index in [-0.39, 0.29) is 30.9 Å². The van der Waals surface area contributed by atoms with Crippen LogP contribution < -0.4 is 10.1 Å². The van der Waals surface area contributed by atoms with Crippen LogP contribution in [0.5, 0.6) is 5.75 Å². The number of benzene rings is 4. The number of carbonyl (C=O) groups excluding carboxylic acids is 2. The minimum absolute atomic E-state index is 0.0478. The standard InChI is InChI=1S/C32H31BrCl2N2O3/c1-21(2)18-36-32(39)28(17-22-9-4-3-5-10-22)37(19-25-26(34)13-8-14-27(25)35)30(38)20-40-29-16-15-23-11-6-7-12-24(23)31(29)33/h3-16,21,28H,17-20H2,1-2H3,(H,36,39)/t28-/m1/s1. The Morgan fingerprint density at radius 1 is 0.900 bits per heavy atom. The number of hydrogen-bond acceptors (Lipinski definition) is 3. The Morgan fingerprint density at radius 2 is 1.57 bits per heavy atom. The summed E-state index contributed by atoms with van der Waals surface area (Å²) in [6.07, 6.45) is 0.318. The van der Waals surface area contributed by atoms with Gasteiger partial charge in [0.25, 0.3) is 5.91 Å². The van der Waals surface area contributed by atoms with E-state index in [4.69, 9.17) is 27.9 Å². The summed E-state index contributed by atoms with van der Waals surface area (Å²) in [5.74, 6) is 0.168. The summed E-state index contributed by atoms with van der Waals surface area (Å²) in [7, 11) is 0. The van der Waals surface area contributed by atoms with Crippen LogP contribution in [0.15, 0.2) is 89.4 Å². The minimum Gasteiger partial charge on any atom is -0.483 e. The molecule has 0 aliphatic rings. The zero-order chi connectivity index (χ0) is 28.6. The van der Waals surface area contributed by atoms with Crippen molar-refractivity contribution in [3.8, 4) is 5.75 Å². The summed E-state index contributed by atoms with van der Waals surface area (Å²) in [5, 5.41) is 5.87. The molecule has 0 saturated carbocycles. The number of hydrogen-bond donors (Lipinski definition) is 1. The van der Waals surface area contributed by atoms with E-state index in [9.17, 15) is 9.59 Å². The highest BCUT2D eigenvalue weighted by Crippen LogP contribution is 2.33. The van der Waals surface area contributed by atoms with Crippen molar-refractivity contribution in [3.63, 3.8) is 0 Å². The molecule has 0 fully saturated rings. The van der Waals surface area contributed by atoms with Crippen molar-refractivity contribution in [2.75, 3.05) is 13.2 Å². The van der Waals surface area contributed by atoms with E-state index in [2.05, 4.69) is 21.2 Å². The fourth-order valence-electron chi connectivity index (χ4n) is 4.38. The molecule has 8 heteroatoms. The van der Waals surface area contributed by atoms with Crippen molar-refractivity contribution in [2.45, 2.75) is 32.9 Å². The van der Waals surface area contributed by atoms with Gasteiger partial charge in [-0.3, -0.25) is 9.59 Å². The molecule has 4 rings (SSSR count). The molecule has 0 spiro atoms. The summed E-state index contributed by atoms with van der Waals surface area (Å²) in [4.78, 5) is 29.0. The van der Waals surface area contributed by atoms with E-state index in [1.54, 1.807) is 18.2 Å². The van der Waals surface area contributed by atoms with Gasteiger partial charge >= 0.3 is 0 Å². The molecule has 2 amide bonds. The van der Waals surface area contributed by atoms with Gasteiger partial charge in [-0.25, -0.2) is 0 Å². The number of carbonyl (C=O) groups is 2. The Labute approximate surface area is 253 Å². The zero-order valence-electron chi connectivity index (χ0n) is 22.4. The predicted octanol–water partition coefficient (Wildman–Crippen LogP) is 7.70. The van der Waals surface area contributed by atoms with Gasteiger partial charge in [0, 0.05) is 35.1 Å². The van der Waals surface area contributed by atoms with Crippen molar-refractivity contribution >= 4 is 61.7 Å². The first-order valence-corrected chi connectivity index (χ1v) is 14.6. The lowest BCUT2D eigenvalue weighted by atomic mass is 10.0. The molecule has 0 saturated heterocycles. The number of halogens is 3. The summed E-state index contributed by atoms with van der Waals surface area (Å²) in [6.45, 7) is 4.30. The second kappa shape index (κ2) is 14.0. The molecule has 1 N–H and O–H groups in total. The highest BCUT2D eigenvalue weighted by atomic mass is 79.9. The van der Waals surface area contributed by atoms with E-state index in [0.717, 1.165) is 20.8 Å². The highest BCUT2D eigenvalue weighted by Gasteiger charge is 2.32. The average molecular weight is 642 g/mol. The lowest BCUT2D eigenvalue weighted by Gasteiger charge is -2.32. The lowest BCUT2D eigenvalue weighted by Crippen LogP contribution is -2.52. The van der Waals surface area contributed by atoms with E-state index in [1.165, 1.54) is 4.90 Å². The Kier molecular flexibility index (Phi) is 10.5. The van der Waals surface area contributed by atoms with E-state index in [0.29, 0.717) is 34.3 Å². The number of fused-ring (bicyclic) bond motifs is 1. The Hall–Kier alpha value is -3.06. The first-order chi connectivity index (χ1) is 19.2. The van der Waals surface area contributed by atoms with Gasteiger partial charge in [-0.2, -0.15) is 0 Å². The maximum Gasteiger partial charge on any atom is 0.261 e. The number of amides is 2. The third-order valence-corrected chi connectivity index (χ3v) is 8.05. The topological polar surface area (TPSA) is 58.6 Å². The van der Waals surface area contributed by atoms with Gasteiger partial charge in [0.2, 0.25) is 5.91 Å². The Bertz CT molecular complexity index is 1460. The molecular weight excluding hydrogens is 611 g/mol. The van der Waals surface area contributed by atoms with Crippen LogP contribution >= 0.6 is 39.1 Å². The number of nitrogens with zero attached hydrogens (tertiary/aromatic N) is 1. The molecule has 0 aromatic heterocycles. The van der Waals surface area contributed by atoms with Gasteiger partial charge in [-0.15, -0.1) is 0 Å². The fraction of sp³-hybridized carbons (Fsp3) is 0.250. The first kappa shape index (κ1) is 29.9. The van der Waals surface area contributed by atoms with Gasteiger partial charge < -0.3 is 15.0 Å². The summed E-state index contributed by atoms with van der Waals surface area (Å²) in [6, 6.07) is 25.7. The third-order valence-electron chi connectivity index (χ3n) is 6.52. The van der Waals surface area contributed by atoms with Crippen molar-refractivity contribution < 1.29 is 14.3 Å². The Morgan fingerprint density at radius 3 is 2.27 bits per heavy atom. The monoisotopic (exact) mass is 640 g/mol. The van der Waals surface area contributed by atoms with Crippen LogP contribution in [-0.2, 0) is 22.6 Å². The molecule has 208 valence electrons. The quantitative estimate of drug-likeness (QED) is 0.183. The van der Waals surface area contributed by atoms with Gasteiger partial charge in [-0.1, -0.05) is 104 Å². The maximum absolute atomic E-state index is 13.9. The van der Waals surface area contributed by atoms with Crippen molar-refractivity contribution in [3.05, 3.63) is 111 Å². The summed E-state index contributed by atoms with van der Waals surface area (Å²) in [5.41, 5.74) is 1.49. The smallest absolute Gasteiger partial charge is 0.261 e. The summed E-state index contributed by atoms with van der Waals surface area (Å²) < 4.78 is 6.79. The molecule has 4 aromatic rings. The van der Waals surface area contributed by atoms with E-state index >= 15 is 0 Å². The minimum atomic E-state index is -0.815. The second-order valence-electron chi connectivity index (χ2n) is 9.95. The number of rotatable bonds is 11. The molecule has 5 nitrogen and oxygen atoms in total. The molecule has 0 heterocycles. The second-order valence-corrected chi connectivity index (χ2v) is 11.6. The molecule has 0 aliphatic heterocycles. The molecule has 0 aliphatic carbocycles. The molecular formula is C32H31BrCl2N2O3. The molecule has 0 bridgehead atoms. The molecule has 4 aromatic carbocycles. The zero-order valence-corrected chi connectivity index (χ0v) is 25.5. The lowest BCUT2D eigenvalue weighted by molar-refractivity contribution is -0.142. The van der Waals surface area contributed by atoms with Gasteiger partial charge in [0.05, 0.1) is 4.47 Å². The maximum atomic E-state index is 13.9. The summed E-state index contributed by atoms with van der Waals surface area (Å²) >= 11 is 16.7. The van der Waals surface area contributed by atoms with Crippen molar-refractivity contribution in [1.29, 1.82) is 0 Å². The first-order valence-electron chi connectivity index (χ1n) is 13.1. The van der Waals surface area contributed by atoms with Crippen LogP contribution in [0, 0.1) is 5.92 Å². The van der Waals surface area contributed by atoms with Crippen LogP contribution in [0.1, 0.15) is 25.0 Å². The number of nitrogens with one attached hydrogen (secondary N) is 1. The van der Waals surface area contributed by atoms with Crippen molar-refractivity contribution in [1.82, 2.24) is 10.2 Å². The van der Waals surface area contributed by atoms with Crippen LogP contribution in [0.3, 0.4) is 0 Å². The third kappa shape index (κ3) is 7.57. The largest absolute Gasteiger partial charge is 0.483 e. The van der Waals surface area contributed by atoms with Gasteiger partial charge in [0.15, 0.2) is 6.61 Å². The van der Waals surface area contributed by atoms with E-state index in [1.807, 2.05) is 80.6 Å². The normalized spacial score (nSPS) is 11.8. The highest BCUT2D eigenvalue weighted by molar-refractivity contribution is 9.10. The van der Waals surface area contributed by atoms with Crippen LogP contribution in [-0.4, -0.2) is 35.9 Å². The SMILES string of the molecule is CC(C)CNC(=O)[C@@H](Cc1ccccc1)N(Cc1c(Cl)cccc1Cl)C(=O)COc1ccc2ccccc2c1Br. The predicted molar refractivity (Wildman–Crippen MR) is 166 cm³/mol. The average Bonchev–Trinajstić information content (AvgIpc) is 2.95. The van der Waals surface area contributed by atoms with Crippen LogP contribution in [0.4, 0.5) is 0 Å². The van der Waals surface area contributed by atoms with Crippen LogP contribution in [0.25, 0.3) is 10.8 Å². The molecule has 40 heavy (non-hydrogen) atoms.